The average Bonchev–Trinajstić information content (AvgIpc) is 2.83. The summed E-state index contributed by atoms with van der Waals surface area (Å²) < 4.78 is 11.7. The fourth-order valence-corrected chi connectivity index (χ4v) is 3.28. The molecule has 2 aliphatic heterocycles. The molecule has 0 spiro atoms. The molecule has 2 heterocycles. The summed E-state index contributed by atoms with van der Waals surface area (Å²) in [7, 11) is 0. The molecule has 19 heavy (non-hydrogen) atoms. The summed E-state index contributed by atoms with van der Waals surface area (Å²) in [4.78, 5) is 0. The van der Waals surface area contributed by atoms with E-state index in [1.165, 1.54) is 5.56 Å². The van der Waals surface area contributed by atoms with Gasteiger partial charge in [0, 0.05) is 25.0 Å². The lowest BCUT2D eigenvalue weighted by Gasteiger charge is -2.33. The molecule has 1 aromatic carbocycles. The predicted molar refractivity (Wildman–Crippen MR) is 75.6 cm³/mol. The number of hydrogen-bond acceptors (Lipinski definition) is 3. The Bertz CT molecular complexity index is 394. The lowest BCUT2D eigenvalue weighted by molar-refractivity contribution is 0.0155. The fraction of sp³-hybridized carbons (Fsp3) is 0.625. The third-order valence-electron chi connectivity index (χ3n) is 4.22. The van der Waals surface area contributed by atoms with Crippen molar-refractivity contribution in [3.63, 3.8) is 0 Å². The zero-order valence-corrected chi connectivity index (χ0v) is 11.6. The van der Waals surface area contributed by atoms with Crippen LogP contribution >= 0.6 is 0 Å². The zero-order chi connectivity index (χ0) is 13.1. The summed E-state index contributed by atoms with van der Waals surface area (Å²) in [6.07, 6.45) is 3.58. The molecule has 1 saturated heterocycles. The molecule has 0 saturated carbocycles. The van der Waals surface area contributed by atoms with E-state index in [4.69, 9.17) is 9.47 Å². The van der Waals surface area contributed by atoms with Crippen LogP contribution in [-0.4, -0.2) is 31.9 Å². The fourth-order valence-electron chi connectivity index (χ4n) is 3.28. The monoisotopic (exact) mass is 261 g/mol. The number of nitrogens with one attached hydrogen (secondary N) is 1. The molecule has 0 amide bonds. The smallest absolute Gasteiger partial charge is 0.123 e. The largest absolute Gasteiger partial charge is 0.490 e. The molecule has 2 aliphatic rings. The van der Waals surface area contributed by atoms with Crippen molar-refractivity contribution in [2.75, 3.05) is 19.8 Å². The van der Waals surface area contributed by atoms with Crippen molar-refractivity contribution in [3.05, 3.63) is 29.8 Å². The highest BCUT2D eigenvalue weighted by Gasteiger charge is 2.31. The predicted octanol–water partition coefficient (Wildman–Crippen LogP) is 2.39. The lowest BCUT2D eigenvalue weighted by atomic mass is 9.89. The minimum absolute atomic E-state index is 0.324. The van der Waals surface area contributed by atoms with Crippen LogP contribution in [0.15, 0.2) is 24.3 Å². The van der Waals surface area contributed by atoms with Crippen molar-refractivity contribution in [3.8, 4) is 5.75 Å². The summed E-state index contributed by atoms with van der Waals surface area (Å²) >= 11 is 0. The maximum Gasteiger partial charge on any atom is 0.123 e. The number of hydrogen-bond donors (Lipinski definition) is 1. The van der Waals surface area contributed by atoms with Crippen molar-refractivity contribution in [1.29, 1.82) is 0 Å². The topological polar surface area (TPSA) is 30.5 Å². The van der Waals surface area contributed by atoms with E-state index in [-0.39, 0.29) is 0 Å². The molecule has 3 nitrogen and oxygen atoms in total. The van der Waals surface area contributed by atoms with Gasteiger partial charge in [0.1, 0.15) is 11.9 Å². The second-order valence-corrected chi connectivity index (χ2v) is 5.58. The summed E-state index contributed by atoms with van der Waals surface area (Å²) in [6.45, 7) is 4.97. The van der Waals surface area contributed by atoms with Crippen LogP contribution in [0.5, 0.6) is 5.75 Å². The molecule has 1 aromatic rings. The highest BCUT2D eigenvalue weighted by molar-refractivity contribution is 5.37. The Morgan fingerprint density at radius 3 is 3.05 bits per heavy atom. The molecule has 0 bridgehead atoms. The van der Waals surface area contributed by atoms with Crippen LogP contribution in [-0.2, 0) is 11.2 Å². The first-order valence-electron chi connectivity index (χ1n) is 7.42. The number of rotatable bonds is 4. The summed E-state index contributed by atoms with van der Waals surface area (Å²) in [5.41, 5.74) is 1.35. The summed E-state index contributed by atoms with van der Waals surface area (Å²) in [6, 6.07) is 8.98. The van der Waals surface area contributed by atoms with Gasteiger partial charge in [0.2, 0.25) is 0 Å². The van der Waals surface area contributed by atoms with Crippen molar-refractivity contribution in [2.45, 2.75) is 38.3 Å². The van der Waals surface area contributed by atoms with Gasteiger partial charge >= 0.3 is 0 Å². The van der Waals surface area contributed by atoms with Gasteiger partial charge in [0.05, 0.1) is 6.61 Å². The van der Waals surface area contributed by atoms with Gasteiger partial charge in [-0.2, -0.15) is 0 Å². The highest BCUT2D eigenvalue weighted by atomic mass is 16.5. The molecule has 3 heteroatoms. The van der Waals surface area contributed by atoms with Gasteiger partial charge in [-0.1, -0.05) is 25.1 Å². The van der Waals surface area contributed by atoms with Gasteiger partial charge in [-0.15, -0.1) is 0 Å². The van der Waals surface area contributed by atoms with Gasteiger partial charge in [-0.05, 0) is 31.0 Å². The molecular formula is C16H23NO2. The molecule has 0 aliphatic carbocycles. The molecule has 1 fully saturated rings. The molecule has 104 valence electrons. The first-order valence-corrected chi connectivity index (χ1v) is 7.42. The van der Waals surface area contributed by atoms with Crippen LogP contribution in [0.25, 0.3) is 0 Å². The second kappa shape index (κ2) is 5.93. The Morgan fingerprint density at radius 1 is 1.32 bits per heavy atom. The number of fused-ring (bicyclic) bond motifs is 1. The molecular weight excluding hydrogens is 238 g/mol. The van der Waals surface area contributed by atoms with Gasteiger partial charge in [0.25, 0.3) is 0 Å². The Hall–Kier alpha value is -1.06. The van der Waals surface area contributed by atoms with Gasteiger partial charge in [-0.3, -0.25) is 0 Å². The van der Waals surface area contributed by atoms with Crippen LogP contribution in [0.2, 0.25) is 0 Å². The van der Waals surface area contributed by atoms with E-state index < -0.39 is 0 Å². The average molecular weight is 261 g/mol. The molecule has 0 radical (unpaired) electrons. The molecule has 1 N–H and O–H groups in total. The van der Waals surface area contributed by atoms with E-state index >= 15 is 0 Å². The van der Waals surface area contributed by atoms with E-state index in [2.05, 4.69) is 30.4 Å². The number of ether oxygens (including phenoxy) is 2. The normalized spacial score (nSPS) is 29.8. The highest BCUT2D eigenvalue weighted by Crippen LogP contribution is 2.32. The van der Waals surface area contributed by atoms with Crippen molar-refractivity contribution in [1.82, 2.24) is 5.32 Å². The van der Waals surface area contributed by atoms with Gasteiger partial charge in [0.15, 0.2) is 0 Å². The van der Waals surface area contributed by atoms with Crippen LogP contribution in [0, 0.1) is 5.92 Å². The van der Waals surface area contributed by atoms with E-state index in [9.17, 15) is 0 Å². The van der Waals surface area contributed by atoms with E-state index in [0.717, 1.165) is 44.8 Å². The van der Waals surface area contributed by atoms with Gasteiger partial charge in [-0.25, -0.2) is 0 Å². The van der Waals surface area contributed by atoms with Crippen LogP contribution in [0.4, 0.5) is 0 Å². The second-order valence-electron chi connectivity index (χ2n) is 5.58. The first kappa shape index (κ1) is 12.9. The van der Waals surface area contributed by atoms with Crippen molar-refractivity contribution >= 4 is 0 Å². The zero-order valence-electron chi connectivity index (χ0n) is 11.6. The Balaban J connectivity index is 1.60. The first-order chi connectivity index (χ1) is 9.36. The summed E-state index contributed by atoms with van der Waals surface area (Å²) in [5, 5.41) is 3.59. The SMILES string of the molecule is CCNC1CCOCC1CC1Cc2ccccc2O1. The van der Waals surface area contributed by atoms with Crippen molar-refractivity contribution < 1.29 is 9.47 Å². The standard InChI is InChI=1S/C16H23NO2/c1-2-17-15-7-8-18-11-13(15)10-14-9-12-5-3-4-6-16(12)19-14/h3-6,13-15,17H,2,7-11H2,1H3. The Labute approximate surface area is 115 Å². The minimum Gasteiger partial charge on any atom is -0.490 e. The van der Waals surface area contributed by atoms with Crippen LogP contribution in [0.1, 0.15) is 25.3 Å². The van der Waals surface area contributed by atoms with Gasteiger partial charge < -0.3 is 14.8 Å². The van der Waals surface area contributed by atoms with Crippen LogP contribution < -0.4 is 10.1 Å². The number of benzene rings is 1. The Kier molecular flexibility index (Phi) is 4.04. The maximum absolute atomic E-state index is 6.05. The van der Waals surface area contributed by atoms with Crippen molar-refractivity contribution in [2.24, 2.45) is 5.92 Å². The maximum atomic E-state index is 6.05. The molecule has 3 atom stereocenters. The van der Waals surface area contributed by atoms with E-state index in [0.29, 0.717) is 18.1 Å². The van der Waals surface area contributed by atoms with E-state index in [1.54, 1.807) is 0 Å². The van der Waals surface area contributed by atoms with Crippen LogP contribution in [0.3, 0.4) is 0 Å². The Morgan fingerprint density at radius 2 is 2.21 bits per heavy atom. The minimum atomic E-state index is 0.324. The molecule has 3 rings (SSSR count). The third-order valence-corrected chi connectivity index (χ3v) is 4.22. The quantitative estimate of drug-likeness (QED) is 0.903. The lowest BCUT2D eigenvalue weighted by Crippen LogP contribution is -2.44. The molecule has 3 unspecified atom stereocenters. The third kappa shape index (κ3) is 2.93. The van der Waals surface area contributed by atoms with E-state index in [1.807, 2.05) is 6.07 Å². The summed E-state index contributed by atoms with van der Waals surface area (Å²) in [5.74, 6) is 1.65. The number of para-hydroxylation sites is 1. The molecule has 0 aromatic heterocycles.